The Morgan fingerprint density at radius 1 is 0.632 bits per heavy atom. The normalized spacial score (nSPS) is 51.5. The lowest BCUT2D eigenvalue weighted by Gasteiger charge is -2.67. The fourth-order valence-corrected chi connectivity index (χ4v) is 16.1. The molecule has 4 heterocycles. The molecule has 29 atom stereocenters. The summed E-state index contributed by atoms with van der Waals surface area (Å²) < 4.78 is 42.4. The van der Waals surface area contributed by atoms with Crippen molar-refractivity contribution >= 4 is 0 Å². The van der Waals surface area contributed by atoms with Gasteiger partial charge in [-0.25, -0.2) is 0 Å². The lowest BCUT2D eigenvalue weighted by Crippen LogP contribution is -2.66. The van der Waals surface area contributed by atoms with Gasteiger partial charge in [-0.1, -0.05) is 53.2 Å². The number of hydrogen-bond acceptors (Lipinski definition) is 22. The Bertz CT molecular complexity index is 1970. The molecule has 76 heavy (non-hydrogen) atoms. The summed E-state index contributed by atoms with van der Waals surface area (Å²) in [5.41, 5.74) is -1.97. The second-order valence-corrected chi connectivity index (χ2v) is 25.8. The predicted molar refractivity (Wildman–Crippen MR) is 265 cm³/mol. The largest absolute Gasteiger partial charge is 0.394 e. The van der Waals surface area contributed by atoms with Crippen LogP contribution in [0.1, 0.15) is 113 Å². The van der Waals surface area contributed by atoms with Gasteiger partial charge in [-0.05, 0) is 99.7 Å². The van der Waals surface area contributed by atoms with Crippen molar-refractivity contribution in [3.05, 3.63) is 11.6 Å². The van der Waals surface area contributed by atoms with E-state index in [2.05, 4.69) is 47.6 Å². The summed E-state index contributed by atoms with van der Waals surface area (Å²) in [6.07, 6.45) is -21.3. The summed E-state index contributed by atoms with van der Waals surface area (Å²) in [4.78, 5) is 0. The first kappa shape index (κ1) is 60.9. The third kappa shape index (κ3) is 10.4. The van der Waals surface area contributed by atoms with Gasteiger partial charge in [0, 0.05) is 23.2 Å². The highest BCUT2D eigenvalue weighted by molar-refractivity contribution is 5.32. The molecule has 0 bridgehead atoms. The van der Waals surface area contributed by atoms with Gasteiger partial charge in [0.05, 0.1) is 80.9 Å². The topological polar surface area (TPSA) is 368 Å². The van der Waals surface area contributed by atoms with Crippen molar-refractivity contribution in [2.75, 3.05) is 26.4 Å². The van der Waals surface area contributed by atoms with Gasteiger partial charge in [0.1, 0.15) is 61.0 Å². The molecule has 4 saturated heterocycles. The van der Waals surface area contributed by atoms with Crippen LogP contribution in [0.4, 0.5) is 0 Å². The van der Waals surface area contributed by atoms with E-state index >= 15 is 0 Å². The Morgan fingerprint density at radius 2 is 1.21 bits per heavy atom. The van der Waals surface area contributed by atoms with Crippen molar-refractivity contribution in [3.8, 4) is 0 Å². The molecule has 7 fully saturated rings. The van der Waals surface area contributed by atoms with Gasteiger partial charge in [0.25, 0.3) is 0 Å². The number of fused-ring (bicyclic) bond motifs is 5. The molecule has 22 nitrogen and oxygen atoms in total. The Balaban J connectivity index is 0.952. The fourth-order valence-electron chi connectivity index (χ4n) is 16.1. The van der Waals surface area contributed by atoms with E-state index < -0.39 is 178 Å². The van der Waals surface area contributed by atoms with Crippen LogP contribution in [0.3, 0.4) is 0 Å². The maximum absolute atomic E-state index is 12.7. The van der Waals surface area contributed by atoms with Gasteiger partial charge in [-0.15, -0.1) is 0 Å². The second-order valence-electron chi connectivity index (χ2n) is 25.8. The summed E-state index contributed by atoms with van der Waals surface area (Å²) >= 11 is 0. The fraction of sp³-hybridized carbons (Fsp3) is 0.963. The highest BCUT2D eigenvalue weighted by Gasteiger charge is 2.70. The summed E-state index contributed by atoms with van der Waals surface area (Å²) in [5.74, 6) is -0.779. The Hall–Kier alpha value is -1.14. The van der Waals surface area contributed by atoms with Crippen LogP contribution in [0.5, 0.6) is 0 Å². The van der Waals surface area contributed by atoms with Crippen molar-refractivity contribution in [3.63, 3.8) is 0 Å². The van der Waals surface area contributed by atoms with Crippen LogP contribution in [0.2, 0.25) is 0 Å². The molecule has 4 aliphatic heterocycles. The minimum Gasteiger partial charge on any atom is -0.394 e. The summed E-state index contributed by atoms with van der Waals surface area (Å²) in [6.45, 7) is 13.8. The summed E-state index contributed by atoms with van der Waals surface area (Å²) in [7, 11) is 0. The van der Waals surface area contributed by atoms with Crippen molar-refractivity contribution in [1.82, 2.24) is 0 Å². The van der Waals surface area contributed by atoms with Crippen LogP contribution in [0.15, 0.2) is 11.6 Å². The molecule has 4 unspecified atom stereocenters. The monoisotopic (exact) mass is 1090 g/mol. The molecule has 15 N–H and O–H groups in total. The standard InChI is InChI=1S/C54H92O22/c1-23(9-13-36(51(4,5)69)75-49-46(42(66)39(63)32(22-58)73-49)76-48-44(68)41(65)38(62)31(21-57)72-48)24-15-16-52(6)33-12-10-25-26(54(33,8)34(61)18-53(24,52)7)11-14-35(50(25,2)3)74-47-43(67)40(64)37(30(20-56)71-47)45-28(60)17-27(59)29(19-55)70-45/h10,23-24,26-49,55-69H,9,11-22H2,1-8H3/t23-,24?,26?,27+,28-,29-,30-,31+,32-,33?,34-,35+,36-,37?,38+,39-,40+,41-,42+,43-,44+,45-,46-,47+,48-,49+,52+,53-,54+/m1/s1. The number of hydrogen-bond donors (Lipinski definition) is 15. The van der Waals surface area contributed by atoms with E-state index in [4.69, 9.17) is 33.2 Å². The molecule has 8 rings (SSSR count). The maximum Gasteiger partial charge on any atom is 0.187 e. The zero-order chi connectivity index (χ0) is 55.9. The average Bonchev–Trinajstić information content (AvgIpc) is 3.67. The van der Waals surface area contributed by atoms with Crippen LogP contribution >= 0.6 is 0 Å². The zero-order valence-corrected chi connectivity index (χ0v) is 45.3. The van der Waals surface area contributed by atoms with Gasteiger partial charge >= 0.3 is 0 Å². The molecule has 0 aromatic heterocycles. The van der Waals surface area contributed by atoms with E-state index in [0.717, 1.165) is 18.4 Å². The highest BCUT2D eigenvalue weighted by Crippen LogP contribution is 2.75. The lowest BCUT2D eigenvalue weighted by molar-refractivity contribution is -0.375. The molecule has 0 radical (unpaired) electrons. The van der Waals surface area contributed by atoms with Gasteiger partial charge < -0.3 is 110 Å². The minimum atomic E-state index is -1.85. The lowest BCUT2D eigenvalue weighted by atomic mass is 9.38. The van der Waals surface area contributed by atoms with Gasteiger partial charge in [0.15, 0.2) is 18.9 Å². The van der Waals surface area contributed by atoms with Crippen LogP contribution in [0.25, 0.3) is 0 Å². The van der Waals surface area contributed by atoms with E-state index in [1.807, 2.05) is 0 Å². The first-order chi connectivity index (χ1) is 35.5. The first-order valence-corrected chi connectivity index (χ1v) is 27.8. The second kappa shape index (κ2) is 22.9. The number of aliphatic hydroxyl groups is 15. The smallest absolute Gasteiger partial charge is 0.187 e. The molecule has 0 aromatic carbocycles. The highest BCUT2D eigenvalue weighted by atomic mass is 16.8. The van der Waals surface area contributed by atoms with Crippen molar-refractivity contribution in [1.29, 1.82) is 0 Å². The van der Waals surface area contributed by atoms with Crippen molar-refractivity contribution < 1.29 is 110 Å². The Morgan fingerprint density at radius 3 is 1.83 bits per heavy atom. The van der Waals surface area contributed by atoms with Crippen molar-refractivity contribution in [2.24, 2.45) is 51.2 Å². The average molecular weight is 1090 g/mol. The molecule has 0 amide bonds. The van der Waals surface area contributed by atoms with E-state index in [-0.39, 0.29) is 47.3 Å². The van der Waals surface area contributed by atoms with Crippen LogP contribution < -0.4 is 0 Å². The Labute approximate surface area is 445 Å². The zero-order valence-electron chi connectivity index (χ0n) is 45.3. The molecule has 8 aliphatic rings. The molecule has 4 aliphatic carbocycles. The SMILES string of the molecule is C[C@H](CC[C@@H](O[C@@H]1O[C@H](CO)[C@@H](O)[C@H](O)[C@H]1O[C@H]1O[C@@H](CO)[C@H](O)[C@@H](O)[C@@H]1O)C(C)(C)O)C1CC[C@@]2(C)C3CC=C4C(CC[C@H](O[C@@H]5O[C@H](CO)C([C@@H]6O[C@H](CO)[C@@H](O)C[C@H]6O)[C@H](O)[C@H]5O)C4(C)C)[C@]3(C)[C@H](O)C[C@]12C. The molecular formula is C54H92O22. The van der Waals surface area contributed by atoms with Gasteiger partial charge in [0.2, 0.25) is 0 Å². The summed E-state index contributed by atoms with van der Waals surface area (Å²) in [6, 6.07) is 0. The number of ether oxygens (including phenoxy) is 7. The maximum atomic E-state index is 12.7. The van der Waals surface area contributed by atoms with Crippen LogP contribution in [-0.4, -0.2) is 237 Å². The van der Waals surface area contributed by atoms with E-state index in [1.54, 1.807) is 13.8 Å². The molecule has 22 heteroatoms. The molecule has 0 spiro atoms. The van der Waals surface area contributed by atoms with Crippen LogP contribution in [0, 0.1) is 51.2 Å². The van der Waals surface area contributed by atoms with Gasteiger partial charge in [-0.3, -0.25) is 0 Å². The molecule has 440 valence electrons. The third-order valence-electron chi connectivity index (χ3n) is 21.0. The number of rotatable bonds is 16. The number of allylic oxidation sites excluding steroid dienone is 1. The molecular weight excluding hydrogens is 1000 g/mol. The van der Waals surface area contributed by atoms with Crippen LogP contribution in [-0.2, 0) is 33.2 Å². The summed E-state index contributed by atoms with van der Waals surface area (Å²) in [5, 5.41) is 162. The quantitative estimate of drug-likeness (QED) is 0.0749. The number of aliphatic hydroxyl groups excluding tert-OH is 14. The van der Waals surface area contributed by atoms with E-state index in [1.165, 1.54) is 0 Å². The first-order valence-electron chi connectivity index (χ1n) is 27.8. The molecule has 0 aromatic rings. The Kier molecular flexibility index (Phi) is 18.4. The van der Waals surface area contributed by atoms with E-state index in [0.29, 0.717) is 32.1 Å². The minimum absolute atomic E-state index is 0.00339. The van der Waals surface area contributed by atoms with E-state index in [9.17, 15) is 76.6 Å². The van der Waals surface area contributed by atoms with Gasteiger partial charge in [-0.2, -0.15) is 0 Å². The third-order valence-corrected chi connectivity index (χ3v) is 21.0. The van der Waals surface area contributed by atoms with Crippen molar-refractivity contribution in [2.45, 2.75) is 248 Å². The predicted octanol–water partition coefficient (Wildman–Crippen LogP) is -1.93. The molecule has 3 saturated carbocycles.